The van der Waals surface area contributed by atoms with E-state index in [9.17, 15) is 19.2 Å². The Morgan fingerprint density at radius 3 is 1.35 bits per heavy atom. The number of aliphatic hydroxyl groups excluding tert-OH is 1. The normalized spacial score (nSPS) is 15.3. The number of amides is 3. The van der Waals surface area contributed by atoms with Gasteiger partial charge in [-0.1, -0.05) is 41.5 Å². The van der Waals surface area contributed by atoms with Crippen LogP contribution in [0.4, 0.5) is 0 Å². The molecule has 10 nitrogen and oxygen atoms in total. The van der Waals surface area contributed by atoms with Crippen LogP contribution in [0.25, 0.3) is 0 Å². The summed E-state index contributed by atoms with van der Waals surface area (Å²) in [5.74, 6) is -2.76. The summed E-state index contributed by atoms with van der Waals surface area (Å²) < 4.78 is 0. The molecule has 10 heteroatoms. The number of hydrogen-bond acceptors (Lipinski definition) is 6. The average Bonchev–Trinajstić information content (AvgIpc) is 2.62. The predicted molar refractivity (Wildman–Crippen MR) is 117 cm³/mol. The zero-order valence-corrected chi connectivity index (χ0v) is 19.5. The fraction of sp³-hybridized carbons (Fsp3) is 0.810. The first-order valence-electron chi connectivity index (χ1n) is 10.8. The minimum atomic E-state index is -1.47. The Balaban J connectivity index is 5.41. The summed E-state index contributed by atoms with van der Waals surface area (Å²) in [7, 11) is 0. The first kappa shape index (κ1) is 28.8. The van der Waals surface area contributed by atoms with Gasteiger partial charge in [-0.3, -0.25) is 14.4 Å². The number of nitrogens with two attached hydrogens (primary N) is 1. The maximum absolute atomic E-state index is 12.9. The summed E-state index contributed by atoms with van der Waals surface area (Å²) in [4.78, 5) is 49.1. The summed E-state index contributed by atoms with van der Waals surface area (Å²) in [6.07, 6.45) is 1.07. The molecular weight excluding hydrogens is 404 g/mol. The van der Waals surface area contributed by atoms with Gasteiger partial charge in [-0.05, 0) is 37.0 Å². The van der Waals surface area contributed by atoms with Crippen LogP contribution in [0.5, 0.6) is 0 Å². The molecule has 0 aromatic rings. The van der Waals surface area contributed by atoms with E-state index in [1.165, 1.54) is 0 Å². The van der Waals surface area contributed by atoms with Crippen molar-refractivity contribution in [1.82, 2.24) is 16.0 Å². The van der Waals surface area contributed by atoms with Gasteiger partial charge in [0.05, 0.1) is 12.6 Å². The lowest BCUT2D eigenvalue weighted by Gasteiger charge is -2.26. The summed E-state index contributed by atoms with van der Waals surface area (Å²) in [5, 5.41) is 25.7. The van der Waals surface area contributed by atoms with E-state index in [0.717, 1.165) is 0 Å². The monoisotopic (exact) mass is 444 g/mol. The second-order valence-electron chi connectivity index (χ2n) is 9.20. The lowest BCUT2D eigenvalue weighted by Crippen LogP contribution is -2.58. The number of nitrogens with one attached hydrogen (secondary N) is 3. The van der Waals surface area contributed by atoms with Gasteiger partial charge >= 0.3 is 5.97 Å². The van der Waals surface area contributed by atoms with Crippen molar-refractivity contribution in [2.75, 3.05) is 6.61 Å². The summed E-state index contributed by atoms with van der Waals surface area (Å²) >= 11 is 0. The first-order valence-corrected chi connectivity index (χ1v) is 10.8. The van der Waals surface area contributed by atoms with E-state index in [-0.39, 0.29) is 24.2 Å². The van der Waals surface area contributed by atoms with E-state index < -0.39 is 54.5 Å². The van der Waals surface area contributed by atoms with Crippen LogP contribution in [0.2, 0.25) is 0 Å². The largest absolute Gasteiger partial charge is 0.480 e. The Morgan fingerprint density at radius 2 is 1.03 bits per heavy atom. The lowest BCUT2D eigenvalue weighted by atomic mass is 9.99. The molecule has 0 aromatic heterocycles. The lowest BCUT2D eigenvalue weighted by molar-refractivity contribution is -0.143. The highest BCUT2D eigenvalue weighted by Crippen LogP contribution is 2.10. The minimum absolute atomic E-state index is 0.0195. The van der Waals surface area contributed by atoms with Crippen LogP contribution in [0.1, 0.15) is 60.8 Å². The molecule has 0 radical (unpaired) electrons. The number of aliphatic carboxylic acids is 1. The van der Waals surface area contributed by atoms with E-state index in [2.05, 4.69) is 16.0 Å². The van der Waals surface area contributed by atoms with Gasteiger partial charge in [-0.2, -0.15) is 0 Å². The van der Waals surface area contributed by atoms with Crippen LogP contribution in [0.15, 0.2) is 0 Å². The molecule has 4 atom stereocenters. The zero-order chi connectivity index (χ0) is 24.3. The van der Waals surface area contributed by atoms with Crippen LogP contribution >= 0.6 is 0 Å². The maximum atomic E-state index is 12.9. The second kappa shape index (κ2) is 14.0. The number of carboxylic acid groups (broad SMARTS) is 1. The van der Waals surface area contributed by atoms with Gasteiger partial charge in [-0.25, -0.2) is 4.79 Å². The van der Waals surface area contributed by atoms with E-state index >= 15 is 0 Å². The second-order valence-corrected chi connectivity index (χ2v) is 9.20. The first-order chi connectivity index (χ1) is 14.3. The van der Waals surface area contributed by atoms with Crippen molar-refractivity contribution in [3.8, 4) is 0 Å². The van der Waals surface area contributed by atoms with Crippen molar-refractivity contribution in [3.63, 3.8) is 0 Å². The smallest absolute Gasteiger partial charge is 0.328 e. The molecule has 0 aliphatic heterocycles. The minimum Gasteiger partial charge on any atom is -0.480 e. The molecule has 31 heavy (non-hydrogen) atoms. The van der Waals surface area contributed by atoms with Gasteiger partial charge in [0.2, 0.25) is 17.7 Å². The number of carboxylic acids is 1. The molecule has 0 heterocycles. The molecule has 0 saturated carbocycles. The molecule has 0 bridgehead atoms. The molecule has 180 valence electrons. The quantitative estimate of drug-likeness (QED) is 0.219. The van der Waals surface area contributed by atoms with Crippen molar-refractivity contribution in [1.29, 1.82) is 0 Å². The molecule has 0 aromatic carbocycles. The molecule has 7 N–H and O–H groups in total. The fourth-order valence-electron chi connectivity index (χ4n) is 3.03. The zero-order valence-electron chi connectivity index (χ0n) is 19.5. The fourth-order valence-corrected chi connectivity index (χ4v) is 3.03. The highest BCUT2D eigenvalue weighted by atomic mass is 16.4. The van der Waals surface area contributed by atoms with Crippen LogP contribution < -0.4 is 21.7 Å². The molecule has 0 rings (SSSR count). The van der Waals surface area contributed by atoms with Gasteiger partial charge < -0.3 is 31.9 Å². The van der Waals surface area contributed by atoms with Crippen LogP contribution in [-0.2, 0) is 19.2 Å². The van der Waals surface area contributed by atoms with Crippen LogP contribution in [0, 0.1) is 17.8 Å². The predicted octanol–water partition coefficient (Wildman–Crippen LogP) is -0.0167. The Bertz CT molecular complexity index is 609. The highest BCUT2D eigenvalue weighted by molar-refractivity contribution is 5.94. The van der Waals surface area contributed by atoms with E-state index in [4.69, 9.17) is 15.9 Å². The van der Waals surface area contributed by atoms with E-state index in [1.807, 2.05) is 41.5 Å². The highest BCUT2D eigenvalue weighted by Gasteiger charge is 2.31. The van der Waals surface area contributed by atoms with Crippen molar-refractivity contribution in [2.24, 2.45) is 23.5 Å². The van der Waals surface area contributed by atoms with E-state index in [0.29, 0.717) is 12.8 Å². The number of carbonyl (C=O) groups excluding carboxylic acids is 3. The molecule has 3 amide bonds. The summed E-state index contributed by atoms with van der Waals surface area (Å²) in [6, 6.07) is -4.13. The molecule has 0 saturated heterocycles. The number of carbonyl (C=O) groups is 4. The van der Waals surface area contributed by atoms with Crippen LogP contribution in [0.3, 0.4) is 0 Å². The molecule has 0 fully saturated rings. The number of aliphatic hydroxyl groups is 1. The van der Waals surface area contributed by atoms with Crippen molar-refractivity contribution >= 4 is 23.7 Å². The van der Waals surface area contributed by atoms with Crippen molar-refractivity contribution in [2.45, 2.75) is 85.0 Å². The molecule has 0 spiro atoms. The van der Waals surface area contributed by atoms with E-state index in [1.54, 1.807) is 0 Å². The third-order valence-electron chi connectivity index (χ3n) is 4.54. The van der Waals surface area contributed by atoms with Crippen LogP contribution in [-0.4, -0.2) is 64.7 Å². The van der Waals surface area contributed by atoms with Crippen molar-refractivity contribution < 1.29 is 29.4 Å². The Morgan fingerprint density at radius 1 is 0.677 bits per heavy atom. The average molecular weight is 445 g/mol. The maximum Gasteiger partial charge on any atom is 0.328 e. The topological polar surface area (TPSA) is 171 Å². The standard InChI is InChI=1S/C21H40N4O6/c1-11(2)7-14(22)18(27)23-15(8-12(3)4)19(28)24-16(9-13(5)6)20(29)25-17(10-26)21(30)31/h11-17,26H,7-10,22H2,1-6H3,(H,23,27)(H,24,28)(H,25,29)(H,30,31). The molecule has 0 aliphatic carbocycles. The Kier molecular flexibility index (Phi) is 13.0. The summed E-state index contributed by atoms with van der Waals surface area (Å²) in [5.41, 5.74) is 5.92. The number of rotatable bonds is 14. The SMILES string of the molecule is CC(C)CC(N)C(=O)NC(CC(C)C)C(=O)NC(CC(C)C)C(=O)NC(CO)C(=O)O. The van der Waals surface area contributed by atoms with Gasteiger partial charge in [0.25, 0.3) is 0 Å². The van der Waals surface area contributed by atoms with Gasteiger partial charge in [0.15, 0.2) is 0 Å². The Hall–Kier alpha value is -2.20. The summed E-state index contributed by atoms with van der Waals surface area (Å²) in [6.45, 7) is 10.6. The molecular formula is C21H40N4O6. The molecule has 0 aliphatic rings. The third kappa shape index (κ3) is 11.7. The third-order valence-corrected chi connectivity index (χ3v) is 4.54. The van der Waals surface area contributed by atoms with Crippen molar-refractivity contribution in [3.05, 3.63) is 0 Å². The number of hydrogen-bond donors (Lipinski definition) is 6. The van der Waals surface area contributed by atoms with Gasteiger partial charge in [-0.15, -0.1) is 0 Å². The Labute approximate surface area is 184 Å². The van der Waals surface area contributed by atoms with Gasteiger partial charge in [0.1, 0.15) is 18.1 Å². The van der Waals surface area contributed by atoms with Gasteiger partial charge in [0, 0.05) is 0 Å². The molecule has 4 unspecified atom stereocenters.